The second kappa shape index (κ2) is 7.38. The van der Waals surface area contributed by atoms with E-state index in [1.165, 1.54) is 0 Å². The van der Waals surface area contributed by atoms with E-state index in [2.05, 4.69) is 10.2 Å². The van der Waals surface area contributed by atoms with Crippen LogP contribution in [-0.4, -0.2) is 56.1 Å². The number of benzene rings is 1. The average molecular weight is 262 g/mol. The highest BCUT2D eigenvalue weighted by atomic mass is 16.5. The molecule has 19 heavy (non-hydrogen) atoms. The summed E-state index contributed by atoms with van der Waals surface area (Å²) in [5.74, 6) is 0.155. The fourth-order valence-corrected chi connectivity index (χ4v) is 2.21. The molecule has 1 aliphatic rings. The van der Waals surface area contributed by atoms with Gasteiger partial charge < -0.3 is 10.1 Å². The first-order valence-electron chi connectivity index (χ1n) is 6.90. The lowest BCUT2D eigenvalue weighted by molar-refractivity contribution is 0.0381. The molecule has 4 heteroatoms. The van der Waals surface area contributed by atoms with Crippen LogP contribution in [0.5, 0.6) is 0 Å². The van der Waals surface area contributed by atoms with Gasteiger partial charge in [-0.2, -0.15) is 0 Å². The third-order valence-electron chi connectivity index (χ3n) is 3.43. The quantitative estimate of drug-likeness (QED) is 0.782. The molecule has 0 aromatic heterocycles. The maximum Gasteiger partial charge on any atom is 0.179 e. The zero-order valence-corrected chi connectivity index (χ0v) is 11.5. The Morgan fingerprint density at radius 2 is 2.00 bits per heavy atom. The molecule has 1 N–H and O–H groups in total. The highest BCUT2D eigenvalue weighted by Crippen LogP contribution is 2.03. The van der Waals surface area contributed by atoms with E-state index in [9.17, 15) is 4.79 Å². The highest BCUT2D eigenvalue weighted by Gasteiger charge is 2.15. The predicted molar refractivity (Wildman–Crippen MR) is 75.5 cm³/mol. The Morgan fingerprint density at radius 3 is 2.68 bits per heavy atom. The van der Waals surface area contributed by atoms with Gasteiger partial charge in [-0.1, -0.05) is 30.3 Å². The van der Waals surface area contributed by atoms with Gasteiger partial charge in [0.25, 0.3) is 0 Å². The van der Waals surface area contributed by atoms with Gasteiger partial charge in [0.2, 0.25) is 0 Å². The summed E-state index contributed by atoms with van der Waals surface area (Å²) in [6.45, 7) is 7.34. The SMILES string of the molecule is CC(NCCN1CCOCC1)C(=O)c1ccccc1. The Bertz CT molecular complexity index is 388. The summed E-state index contributed by atoms with van der Waals surface area (Å²) < 4.78 is 5.31. The molecule has 2 rings (SSSR count). The van der Waals surface area contributed by atoms with Crippen molar-refractivity contribution in [2.75, 3.05) is 39.4 Å². The lowest BCUT2D eigenvalue weighted by Crippen LogP contribution is -2.43. The van der Waals surface area contributed by atoms with Gasteiger partial charge in [-0.3, -0.25) is 9.69 Å². The third-order valence-corrected chi connectivity index (χ3v) is 3.43. The summed E-state index contributed by atoms with van der Waals surface area (Å²) in [5.41, 5.74) is 0.772. The van der Waals surface area contributed by atoms with Crippen LogP contribution in [0, 0.1) is 0 Å². The zero-order chi connectivity index (χ0) is 13.5. The standard InChI is InChI=1S/C15H22N2O2/c1-13(15(18)14-5-3-2-4-6-14)16-7-8-17-9-11-19-12-10-17/h2-6,13,16H,7-12H2,1H3. The van der Waals surface area contributed by atoms with Crippen molar-refractivity contribution >= 4 is 5.78 Å². The molecule has 0 bridgehead atoms. The van der Waals surface area contributed by atoms with Crippen LogP contribution in [0.3, 0.4) is 0 Å². The van der Waals surface area contributed by atoms with Crippen molar-refractivity contribution in [3.8, 4) is 0 Å². The van der Waals surface area contributed by atoms with E-state index in [1.54, 1.807) is 0 Å². The van der Waals surface area contributed by atoms with Crippen LogP contribution < -0.4 is 5.32 Å². The molecule has 4 nitrogen and oxygen atoms in total. The number of Topliss-reactive ketones (excluding diaryl/α,β-unsaturated/α-hetero) is 1. The van der Waals surface area contributed by atoms with Crippen LogP contribution in [0.25, 0.3) is 0 Å². The minimum absolute atomic E-state index is 0.136. The molecule has 104 valence electrons. The molecular formula is C15H22N2O2. The first kappa shape index (κ1) is 14.2. The molecule has 1 heterocycles. The van der Waals surface area contributed by atoms with E-state index >= 15 is 0 Å². The van der Waals surface area contributed by atoms with Crippen molar-refractivity contribution in [3.05, 3.63) is 35.9 Å². The molecule has 1 aromatic carbocycles. The summed E-state index contributed by atoms with van der Waals surface area (Å²) in [5, 5.41) is 3.30. The molecule has 1 aromatic rings. The van der Waals surface area contributed by atoms with Crippen LogP contribution >= 0.6 is 0 Å². The van der Waals surface area contributed by atoms with E-state index in [0.717, 1.165) is 45.0 Å². The Labute approximate surface area is 114 Å². The normalized spacial score (nSPS) is 18.2. The molecule has 1 aliphatic heterocycles. The van der Waals surface area contributed by atoms with Crippen LogP contribution in [0.2, 0.25) is 0 Å². The second-order valence-corrected chi connectivity index (χ2v) is 4.86. The number of carbonyl (C=O) groups is 1. The number of rotatable bonds is 6. The highest BCUT2D eigenvalue weighted by molar-refractivity contribution is 5.99. The van der Waals surface area contributed by atoms with Crippen molar-refractivity contribution in [3.63, 3.8) is 0 Å². The first-order chi connectivity index (χ1) is 9.27. The van der Waals surface area contributed by atoms with Gasteiger partial charge in [0, 0.05) is 31.7 Å². The maximum atomic E-state index is 12.1. The lowest BCUT2D eigenvalue weighted by atomic mass is 10.1. The maximum absolute atomic E-state index is 12.1. The van der Waals surface area contributed by atoms with Crippen molar-refractivity contribution in [2.24, 2.45) is 0 Å². The minimum atomic E-state index is -0.136. The van der Waals surface area contributed by atoms with Crippen molar-refractivity contribution in [1.29, 1.82) is 0 Å². The molecule has 0 radical (unpaired) electrons. The van der Waals surface area contributed by atoms with E-state index in [0.29, 0.717) is 0 Å². The Kier molecular flexibility index (Phi) is 5.51. The van der Waals surface area contributed by atoms with Gasteiger partial charge in [0.1, 0.15) is 0 Å². The first-order valence-corrected chi connectivity index (χ1v) is 6.90. The summed E-state index contributed by atoms with van der Waals surface area (Å²) in [6.07, 6.45) is 0. The van der Waals surface area contributed by atoms with Crippen molar-refractivity contribution in [1.82, 2.24) is 10.2 Å². The van der Waals surface area contributed by atoms with E-state index in [1.807, 2.05) is 37.3 Å². The van der Waals surface area contributed by atoms with Crippen LogP contribution in [0.4, 0.5) is 0 Å². The van der Waals surface area contributed by atoms with Gasteiger partial charge in [-0.05, 0) is 6.92 Å². The Morgan fingerprint density at radius 1 is 1.32 bits per heavy atom. The molecule has 1 fully saturated rings. The van der Waals surface area contributed by atoms with Crippen LogP contribution in [0.15, 0.2) is 30.3 Å². The molecule has 1 saturated heterocycles. The zero-order valence-electron chi connectivity index (χ0n) is 11.5. The van der Waals surface area contributed by atoms with E-state index < -0.39 is 0 Å². The monoisotopic (exact) mass is 262 g/mol. The van der Waals surface area contributed by atoms with Gasteiger partial charge >= 0.3 is 0 Å². The number of nitrogens with one attached hydrogen (secondary N) is 1. The molecule has 0 aliphatic carbocycles. The molecular weight excluding hydrogens is 240 g/mol. The second-order valence-electron chi connectivity index (χ2n) is 4.86. The summed E-state index contributed by atoms with van der Waals surface area (Å²) in [6, 6.07) is 9.31. The van der Waals surface area contributed by atoms with Crippen LogP contribution in [-0.2, 0) is 4.74 Å². The van der Waals surface area contributed by atoms with Gasteiger partial charge in [0.05, 0.1) is 19.3 Å². The van der Waals surface area contributed by atoms with Crippen LogP contribution in [0.1, 0.15) is 17.3 Å². The smallest absolute Gasteiger partial charge is 0.179 e. The topological polar surface area (TPSA) is 41.6 Å². The molecule has 1 atom stereocenters. The Balaban J connectivity index is 1.72. The summed E-state index contributed by atoms with van der Waals surface area (Å²) >= 11 is 0. The molecule has 1 unspecified atom stereocenters. The molecule has 0 saturated carbocycles. The number of hydrogen-bond donors (Lipinski definition) is 1. The molecule has 0 amide bonds. The summed E-state index contributed by atoms with van der Waals surface area (Å²) in [4.78, 5) is 14.5. The number of ether oxygens (including phenoxy) is 1. The lowest BCUT2D eigenvalue weighted by Gasteiger charge is -2.27. The van der Waals surface area contributed by atoms with Gasteiger partial charge in [0.15, 0.2) is 5.78 Å². The fraction of sp³-hybridized carbons (Fsp3) is 0.533. The van der Waals surface area contributed by atoms with E-state index in [4.69, 9.17) is 4.74 Å². The minimum Gasteiger partial charge on any atom is -0.379 e. The van der Waals surface area contributed by atoms with Gasteiger partial charge in [-0.15, -0.1) is 0 Å². The molecule has 0 spiro atoms. The van der Waals surface area contributed by atoms with Crippen molar-refractivity contribution < 1.29 is 9.53 Å². The third kappa shape index (κ3) is 4.42. The number of morpholine rings is 1. The predicted octanol–water partition coefficient (Wildman–Crippen LogP) is 1.18. The summed E-state index contributed by atoms with van der Waals surface area (Å²) in [7, 11) is 0. The largest absolute Gasteiger partial charge is 0.379 e. The number of nitrogens with zero attached hydrogens (tertiary/aromatic N) is 1. The number of carbonyl (C=O) groups excluding carboxylic acids is 1. The number of ketones is 1. The Hall–Kier alpha value is -1.23. The average Bonchev–Trinajstić information content (AvgIpc) is 2.48. The number of hydrogen-bond acceptors (Lipinski definition) is 4. The van der Waals surface area contributed by atoms with Crippen molar-refractivity contribution in [2.45, 2.75) is 13.0 Å². The van der Waals surface area contributed by atoms with Gasteiger partial charge in [-0.25, -0.2) is 0 Å². The van der Waals surface area contributed by atoms with E-state index in [-0.39, 0.29) is 11.8 Å². The fourth-order valence-electron chi connectivity index (χ4n) is 2.21.